The van der Waals surface area contributed by atoms with Crippen molar-refractivity contribution in [1.82, 2.24) is 20.4 Å². The predicted octanol–water partition coefficient (Wildman–Crippen LogP) is 2.16. The molecule has 108 valence electrons. The Labute approximate surface area is 118 Å². The molecule has 0 aliphatic carbocycles. The van der Waals surface area contributed by atoms with Crippen LogP contribution < -0.4 is 10.1 Å². The number of aryl methyl sites for hydroxylation is 2. The molecule has 0 atom stereocenters. The fourth-order valence-corrected chi connectivity index (χ4v) is 1.78. The number of pyridine rings is 1. The van der Waals surface area contributed by atoms with Crippen molar-refractivity contribution in [1.29, 1.82) is 0 Å². The predicted molar refractivity (Wildman–Crippen MR) is 74.3 cm³/mol. The topological polar surface area (TPSA) is 73.1 Å². The summed E-state index contributed by atoms with van der Waals surface area (Å²) in [4.78, 5) is 8.62. The second-order valence-corrected chi connectivity index (χ2v) is 4.60. The van der Waals surface area contributed by atoms with Gasteiger partial charge in [0, 0.05) is 12.2 Å². The van der Waals surface area contributed by atoms with Gasteiger partial charge in [0.15, 0.2) is 12.4 Å². The molecule has 0 saturated carbocycles. The van der Waals surface area contributed by atoms with E-state index in [0.29, 0.717) is 18.3 Å². The van der Waals surface area contributed by atoms with E-state index < -0.39 is 0 Å². The quantitative estimate of drug-likeness (QED) is 0.781. The van der Waals surface area contributed by atoms with Crippen molar-refractivity contribution in [2.45, 2.75) is 40.3 Å². The number of hydrogen-bond donors (Lipinski definition) is 1. The summed E-state index contributed by atoms with van der Waals surface area (Å²) in [6.45, 7) is 7.78. The molecule has 0 saturated heterocycles. The van der Waals surface area contributed by atoms with Crippen molar-refractivity contribution in [3.05, 3.63) is 35.2 Å². The normalized spacial score (nSPS) is 10.8. The van der Waals surface area contributed by atoms with Gasteiger partial charge in [0.25, 0.3) is 5.89 Å². The lowest BCUT2D eigenvalue weighted by Gasteiger charge is -2.10. The Morgan fingerprint density at radius 2 is 2.10 bits per heavy atom. The van der Waals surface area contributed by atoms with Gasteiger partial charge in [-0.3, -0.25) is 4.98 Å². The Morgan fingerprint density at radius 3 is 2.80 bits per heavy atom. The third-order valence-electron chi connectivity index (χ3n) is 2.71. The minimum Gasteiger partial charge on any atom is -0.482 e. The zero-order valence-electron chi connectivity index (χ0n) is 12.1. The van der Waals surface area contributed by atoms with Gasteiger partial charge in [0.1, 0.15) is 5.75 Å². The lowest BCUT2D eigenvalue weighted by Crippen LogP contribution is -2.16. The Hall–Kier alpha value is -1.95. The molecule has 0 bridgehead atoms. The molecule has 0 aliphatic heterocycles. The molecule has 2 heterocycles. The maximum atomic E-state index is 5.72. The highest BCUT2D eigenvalue weighted by Crippen LogP contribution is 2.18. The number of hydrogen-bond acceptors (Lipinski definition) is 6. The molecule has 6 heteroatoms. The van der Waals surface area contributed by atoms with E-state index in [1.807, 2.05) is 19.1 Å². The van der Waals surface area contributed by atoms with Crippen molar-refractivity contribution in [2.24, 2.45) is 0 Å². The molecule has 1 N–H and O–H groups in total. The van der Waals surface area contributed by atoms with E-state index in [-0.39, 0.29) is 6.61 Å². The zero-order valence-corrected chi connectivity index (χ0v) is 12.1. The van der Waals surface area contributed by atoms with Crippen molar-refractivity contribution >= 4 is 0 Å². The SMILES string of the molecule is CCCNCc1nc(C)ccc1OCc1nc(C)no1. The molecular formula is C14H20N4O2. The molecule has 0 unspecified atom stereocenters. The molecule has 20 heavy (non-hydrogen) atoms. The van der Waals surface area contributed by atoms with Crippen LogP contribution >= 0.6 is 0 Å². The molecule has 2 rings (SSSR count). The molecule has 0 fully saturated rings. The molecule has 2 aromatic heterocycles. The van der Waals surface area contributed by atoms with Crippen LogP contribution in [0.25, 0.3) is 0 Å². The summed E-state index contributed by atoms with van der Waals surface area (Å²) in [5, 5.41) is 7.06. The van der Waals surface area contributed by atoms with Crippen LogP contribution in [0.15, 0.2) is 16.7 Å². The van der Waals surface area contributed by atoms with Crippen LogP contribution in [0.4, 0.5) is 0 Å². The van der Waals surface area contributed by atoms with Crippen molar-refractivity contribution in [2.75, 3.05) is 6.54 Å². The third kappa shape index (κ3) is 4.03. The van der Waals surface area contributed by atoms with Gasteiger partial charge in [-0.2, -0.15) is 4.98 Å². The highest BCUT2D eigenvalue weighted by Gasteiger charge is 2.09. The van der Waals surface area contributed by atoms with E-state index in [1.54, 1.807) is 6.92 Å². The smallest absolute Gasteiger partial charge is 0.264 e. The number of rotatable bonds is 7. The largest absolute Gasteiger partial charge is 0.482 e. The van der Waals surface area contributed by atoms with Gasteiger partial charge in [-0.15, -0.1) is 0 Å². The van der Waals surface area contributed by atoms with Crippen LogP contribution in [0, 0.1) is 13.8 Å². The highest BCUT2D eigenvalue weighted by molar-refractivity contribution is 5.29. The Kier molecular flexibility index (Phi) is 5.06. The lowest BCUT2D eigenvalue weighted by atomic mass is 10.2. The first-order valence-electron chi connectivity index (χ1n) is 6.78. The van der Waals surface area contributed by atoms with E-state index >= 15 is 0 Å². The van der Waals surface area contributed by atoms with Crippen LogP contribution in [0.2, 0.25) is 0 Å². The molecule has 0 amide bonds. The highest BCUT2D eigenvalue weighted by atomic mass is 16.5. The third-order valence-corrected chi connectivity index (χ3v) is 2.71. The molecule has 2 aromatic rings. The average Bonchev–Trinajstić information content (AvgIpc) is 2.84. The fraction of sp³-hybridized carbons (Fsp3) is 0.500. The molecular weight excluding hydrogens is 256 g/mol. The summed E-state index contributed by atoms with van der Waals surface area (Å²) < 4.78 is 10.7. The standard InChI is InChI=1S/C14H20N4O2/c1-4-7-15-8-12-13(6-5-10(2)16-12)19-9-14-17-11(3)18-20-14/h5-6,15H,4,7-9H2,1-3H3. The van der Waals surface area contributed by atoms with Gasteiger partial charge in [-0.25, -0.2) is 0 Å². The van der Waals surface area contributed by atoms with E-state index in [1.165, 1.54) is 0 Å². The minimum atomic E-state index is 0.256. The summed E-state index contributed by atoms with van der Waals surface area (Å²) in [6.07, 6.45) is 1.09. The van der Waals surface area contributed by atoms with Crippen molar-refractivity contribution < 1.29 is 9.26 Å². The molecule has 0 spiro atoms. The first kappa shape index (κ1) is 14.5. The second kappa shape index (κ2) is 7.00. The summed E-state index contributed by atoms with van der Waals surface area (Å²) in [6, 6.07) is 3.85. The van der Waals surface area contributed by atoms with Gasteiger partial charge in [0.2, 0.25) is 0 Å². The van der Waals surface area contributed by atoms with Gasteiger partial charge in [0.05, 0.1) is 5.69 Å². The summed E-state index contributed by atoms with van der Waals surface area (Å²) in [5.74, 6) is 1.82. The summed E-state index contributed by atoms with van der Waals surface area (Å²) in [7, 11) is 0. The number of aromatic nitrogens is 3. The molecule has 0 aromatic carbocycles. The molecule has 0 radical (unpaired) electrons. The summed E-state index contributed by atoms with van der Waals surface area (Å²) in [5.41, 5.74) is 1.87. The van der Waals surface area contributed by atoms with Crippen LogP contribution in [0.5, 0.6) is 5.75 Å². The van der Waals surface area contributed by atoms with E-state index in [4.69, 9.17) is 9.26 Å². The van der Waals surface area contributed by atoms with Gasteiger partial charge >= 0.3 is 0 Å². The second-order valence-electron chi connectivity index (χ2n) is 4.60. The van der Waals surface area contributed by atoms with Crippen LogP contribution in [-0.4, -0.2) is 21.7 Å². The van der Waals surface area contributed by atoms with Crippen LogP contribution in [-0.2, 0) is 13.2 Å². The Morgan fingerprint density at radius 1 is 1.25 bits per heavy atom. The lowest BCUT2D eigenvalue weighted by molar-refractivity contribution is 0.239. The fourth-order valence-electron chi connectivity index (χ4n) is 1.78. The van der Waals surface area contributed by atoms with E-state index in [2.05, 4.69) is 27.4 Å². The number of nitrogens with one attached hydrogen (secondary N) is 1. The first-order chi connectivity index (χ1) is 9.69. The number of ether oxygens (including phenoxy) is 1. The summed E-state index contributed by atoms with van der Waals surface area (Å²) >= 11 is 0. The van der Waals surface area contributed by atoms with Gasteiger partial charge in [-0.1, -0.05) is 12.1 Å². The van der Waals surface area contributed by atoms with Crippen LogP contribution in [0.3, 0.4) is 0 Å². The van der Waals surface area contributed by atoms with E-state index in [9.17, 15) is 0 Å². The zero-order chi connectivity index (χ0) is 14.4. The van der Waals surface area contributed by atoms with Gasteiger partial charge in [-0.05, 0) is 38.9 Å². The molecule has 0 aliphatic rings. The van der Waals surface area contributed by atoms with Crippen LogP contribution in [0.1, 0.15) is 36.4 Å². The monoisotopic (exact) mass is 276 g/mol. The van der Waals surface area contributed by atoms with E-state index in [0.717, 1.165) is 30.1 Å². The molecule has 6 nitrogen and oxygen atoms in total. The van der Waals surface area contributed by atoms with Gasteiger partial charge < -0.3 is 14.6 Å². The average molecular weight is 276 g/mol. The first-order valence-corrected chi connectivity index (χ1v) is 6.78. The minimum absolute atomic E-state index is 0.256. The van der Waals surface area contributed by atoms with Crippen molar-refractivity contribution in [3.63, 3.8) is 0 Å². The number of nitrogens with zero attached hydrogens (tertiary/aromatic N) is 3. The maximum absolute atomic E-state index is 5.72. The van der Waals surface area contributed by atoms with Crippen molar-refractivity contribution in [3.8, 4) is 5.75 Å². The Balaban J connectivity index is 2.01. The maximum Gasteiger partial charge on any atom is 0.264 e. The Bertz CT molecular complexity index is 554.